The van der Waals surface area contributed by atoms with Crippen LogP contribution < -0.4 is 0 Å². The molecule has 0 heterocycles. The van der Waals surface area contributed by atoms with E-state index in [1.54, 1.807) is 21.3 Å². The zero-order valence-corrected chi connectivity index (χ0v) is 14.2. The van der Waals surface area contributed by atoms with E-state index in [1.165, 1.54) is 11.1 Å². The van der Waals surface area contributed by atoms with Crippen molar-refractivity contribution >= 4 is 8.80 Å². The summed E-state index contributed by atoms with van der Waals surface area (Å²) in [6.07, 6.45) is 7.49. The third-order valence-electron chi connectivity index (χ3n) is 4.27. The molecular formula is C17H24O3Si. The third kappa shape index (κ3) is 3.19. The molecule has 2 rings (SSSR count). The monoisotopic (exact) mass is 304 g/mol. The van der Waals surface area contributed by atoms with Crippen LogP contribution in [0, 0.1) is 0 Å². The van der Waals surface area contributed by atoms with Crippen LogP contribution in [0.3, 0.4) is 0 Å². The van der Waals surface area contributed by atoms with Crippen LogP contribution in [0.25, 0.3) is 0 Å². The second-order valence-electron chi connectivity index (χ2n) is 5.27. The van der Waals surface area contributed by atoms with Crippen molar-refractivity contribution in [1.29, 1.82) is 0 Å². The van der Waals surface area contributed by atoms with E-state index in [4.69, 9.17) is 13.3 Å². The van der Waals surface area contributed by atoms with Crippen molar-refractivity contribution in [3.8, 4) is 0 Å². The van der Waals surface area contributed by atoms with E-state index in [1.807, 2.05) is 6.07 Å². The van der Waals surface area contributed by atoms with Gasteiger partial charge in [-0.25, -0.2) is 0 Å². The molecule has 0 spiro atoms. The van der Waals surface area contributed by atoms with Crippen molar-refractivity contribution in [2.75, 3.05) is 21.3 Å². The standard InChI is InChI=1S/C17H24O3Si/c1-14(21(18-2,19-3)20-4)17(16-12-8-9-13-16)15-10-6-5-7-11-15/h5-12,14,17H,13H2,1-4H3. The Morgan fingerprint density at radius 2 is 1.62 bits per heavy atom. The van der Waals surface area contributed by atoms with Gasteiger partial charge < -0.3 is 13.3 Å². The Bertz CT molecular complexity index is 498. The highest BCUT2D eigenvalue weighted by Crippen LogP contribution is 2.44. The van der Waals surface area contributed by atoms with Crippen molar-refractivity contribution in [1.82, 2.24) is 0 Å². The number of rotatable bonds is 7. The van der Waals surface area contributed by atoms with Gasteiger partial charge in [0.15, 0.2) is 0 Å². The Hall–Kier alpha value is -1.20. The molecule has 0 aromatic heterocycles. The van der Waals surface area contributed by atoms with Gasteiger partial charge in [-0.15, -0.1) is 0 Å². The molecule has 1 aromatic carbocycles. The highest BCUT2D eigenvalue weighted by Gasteiger charge is 2.49. The van der Waals surface area contributed by atoms with Crippen LogP contribution in [-0.4, -0.2) is 30.1 Å². The van der Waals surface area contributed by atoms with E-state index in [2.05, 4.69) is 49.4 Å². The van der Waals surface area contributed by atoms with Gasteiger partial charge in [0.05, 0.1) is 0 Å². The number of hydrogen-bond donors (Lipinski definition) is 0. The van der Waals surface area contributed by atoms with Gasteiger partial charge in [-0.2, -0.15) is 0 Å². The Morgan fingerprint density at radius 3 is 2.10 bits per heavy atom. The number of benzene rings is 1. The fraction of sp³-hybridized carbons (Fsp3) is 0.412. The van der Waals surface area contributed by atoms with E-state index < -0.39 is 8.80 Å². The van der Waals surface area contributed by atoms with Gasteiger partial charge in [0.1, 0.15) is 0 Å². The largest absolute Gasteiger partial charge is 0.504 e. The van der Waals surface area contributed by atoms with Crippen LogP contribution >= 0.6 is 0 Å². The van der Waals surface area contributed by atoms with Gasteiger partial charge in [-0.1, -0.05) is 61.1 Å². The molecule has 0 radical (unpaired) electrons. The summed E-state index contributed by atoms with van der Waals surface area (Å²) in [6.45, 7) is 2.17. The molecule has 0 bridgehead atoms. The van der Waals surface area contributed by atoms with Gasteiger partial charge in [0.2, 0.25) is 0 Å². The predicted molar refractivity (Wildman–Crippen MR) is 87.2 cm³/mol. The highest BCUT2D eigenvalue weighted by molar-refractivity contribution is 6.62. The smallest absolute Gasteiger partial charge is 0.377 e. The molecule has 0 amide bonds. The molecule has 1 aliphatic rings. The zero-order valence-electron chi connectivity index (χ0n) is 13.2. The predicted octanol–water partition coefficient (Wildman–Crippen LogP) is 3.92. The van der Waals surface area contributed by atoms with Crippen molar-refractivity contribution in [3.63, 3.8) is 0 Å². The lowest BCUT2D eigenvalue weighted by molar-refractivity contribution is 0.110. The first-order valence-electron chi connectivity index (χ1n) is 7.24. The molecule has 2 unspecified atom stereocenters. The third-order valence-corrected chi connectivity index (χ3v) is 7.43. The molecule has 0 aliphatic heterocycles. The summed E-state index contributed by atoms with van der Waals surface area (Å²) >= 11 is 0. The summed E-state index contributed by atoms with van der Waals surface area (Å²) in [5.74, 6) is 0.243. The molecule has 4 heteroatoms. The molecule has 0 N–H and O–H groups in total. The van der Waals surface area contributed by atoms with Gasteiger partial charge in [-0.05, 0) is 12.0 Å². The SMILES string of the molecule is CO[Si](OC)(OC)C(C)C(C1=CC=CC1)c1ccccc1. The molecule has 0 saturated heterocycles. The summed E-state index contributed by atoms with van der Waals surface area (Å²) in [4.78, 5) is 0. The van der Waals surface area contributed by atoms with E-state index in [0.717, 1.165) is 6.42 Å². The van der Waals surface area contributed by atoms with Crippen molar-refractivity contribution in [2.45, 2.75) is 24.8 Å². The van der Waals surface area contributed by atoms with Gasteiger partial charge in [-0.3, -0.25) is 0 Å². The maximum Gasteiger partial charge on any atom is 0.504 e. The topological polar surface area (TPSA) is 27.7 Å². The minimum absolute atomic E-state index is 0.144. The molecule has 0 saturated carbocycles. The van der Waals surface area contributed by atoms with Crippen LogP contribution in [0.4, 0.5) is 0 Å². The first-order valence-corrected chi connectivity index (χ1v) is 9.04. The summed E-state index contributed by atoms with van der Waals surface area (Å²) in [7, 11) is 2.34. The van der Waals surface area contributed by atoms with Crippen molar-refractivity contribution < 1.29 is 13.3 Å². The quantitative estimate of drug-likeness (QED) is 0.715. The lowest BCUT2D eigenvalue weighted by Crippen LogP contribution is -2.48. The van der Waals surface area contributed by atoms with Crippen molar-refractivity contribution in [2.24, 2.45) is 0 Å². The zero-order chi connectivity index (χ0) is 15.3. The lowest BCUT2D eigenvalue weighted by atomic mass is 9.88. The Morgan fingerprint density at radius 1 is 1.00 bits per heavy atom. The Balaban J connectivity index is 2.40. The maximum absolute atomic E-state index is 5.71. The average molecular weight is 304 g/mol. The van der Waals surface area contributed by atoms with Crippen LogP contribution in [-0.2, 0) is 13.3 Å². The van der Waals surface area contributed by atoms with Crippen LogP contribution in [0.5, 0.6) is 0 Å². The molecule has 114 valence electrons. The molecule has 3 nitrogen and oxygen atoms in total. The van der Waals surface area contributed by atoms with Gasteiger partial charge in [0.25, 0.3) is 0 Å². The van der Waals surface area contributed by atoms with Gasteiger partial charge in [0, 0.05) is 32.8 Å². The van der Waals surface area contributed by atoms with E-state index in [0.29, 0.717) is 0 Å². The summed E-state index contributed by atoms with van der Waals surface area (Å²) in [6, 6.07) is 10.5. The number of hydrogen-bond acceptors (Lipinski definition) is 3. The lowest BCUT2D eigenvalue weighted by Gasteiger charge is -2.36. The van der Waals surface area contributed by atoms with Crippen LogP contribution in [0.2, 0.25) is 5.54 Å². The minimum Gasteiger partial charge on any atom is -0.377 e. The molecular weight excluding hydrogens is 280 g/mol. The van der Waals surface area contributed by atoms with E-state index >= 15 is 0 Å². The van der Waals surface area contributed by atoms with Crippen LogP contribution in [0.1, 0.15) is 24.8 Å². The Kier molecular flexibility index (Phi) is 5.53. The Labute approximate surface area is 128 Å². The fourth-order valence-electron chi connectivity index (χ4n) is 3.19. The molecule has 2 atom stereocenters. The van der Waals surface area contributed by atoms with E-state index in [-0.39, 0.29) is 11.5 Å². The normalized spacial score (nSPS) is 17.6. The molecule has 1 aliphatic carbocycles. The molecule has 21 heavy (non-hydrogen) atoms. The average Bonchev–Trinajstić information content (AvgIpc) is 3.05. The second kappa shape index (κ2) is 7.18. The molecule has 1 aromatic rings. The van der Waals surface area contributed by atoms with Crippen molar-refractivity contribution in [3.05, 3.63) is 59.7 Å². The molecule has 0 fully saturated rings. The minimum atomic E-state index is -2.70. The fourth-order valence-corrected chi connectivity index (χ4v) is 5.62. The number of allylic oxidation sites excluding steroid dienone is 4. The second-order valence-corrected chi connectivity index (χ2v) is 8.61. The first kappa shape index (κ1) is 16.2. The van der Waals surface area contributed by atoms with Crippen LogP contribution in [0.15, 0.2) is 54.1 Å². The summed E-state index contributed by atoms with van der Waals surface area (Å²) < 4.78 is 17.1. The highest BCUT2D eigenvalue weighted by atomic mass is 28.4. The summed E-state index contributed by atoms with van der Waals surface area (Å²) in [5.41, 5.74) is 2.81. The summed E-state index contributed by atoms with van der Waals surface area (Å²) in [5, 5.41) is 0. The van der Waals surface area contributed by atoms with E-state index in [9.17, 15) is 0 Å². The maximum atomic E-state index is 5.71. The van der Waals surface area contributed by atoms with Gasteiger partial charge >= 0.3 is 8.80 Å². The first-order chi connectivity index (χ1) is 10.2.